The Labute approximate surface area is 124 Å². The van der Waals surface area contributed by atoms with Crippen LogP contribution in [0, 0.1) is 5.82 Å². The van der Waals surface area contributed by atoms with Crippen molar-refractivity contribution in [3.8, 4) is 0 Å². The van der Waals surface area contributed by atoms with E-state index in [9.17, 15) is 4.39 Å². The summed E-state index contributed by atoms with van der Waals surface area (Å²) in [6, 6.07) is 12.0. The number of halogens is 2. The Morgan fingerprint density at radius 1 is 1.21 bits per heavy atom. The molecule has 0 aliphatic carbocycles. The highest BCUT2D eigenvalue weighted by Gasteiger charge is 2.03. The third-order valence-electron chi connectivity index (χ3n) is 2.65. The van der Waals surface area contributed by atoms with Gasteiger partial charge in [-0.3, -0.25) is 0 Å². The van der Waals surface area contributed by atoms with E-state index < -0.39 is 0 Å². The number of rotatable bonds is 4. The molecule has 0 aliphatic heterocycles. The average molecular weight is 339 g/mol. The largest absolute Gasteiger partial charge is 0.389 e. The molecule has 0 radical (unpaired) electrons. The molecule has 0 atom stereocenters. The van der Waals surface area contributed by atoms with Crippen LogP contribution in [-0.4, -0.2) is 4.99 Å². The highest BCUT2D eigenvalue weighted by atomic mass is 79.9. The van der Waals surface area contributed by atoms with Gasteiger partial charge in [0.2, 0.25) is 0 Å². The van der Waals surface area contributed by atoms with Gasteiger partial charge in [-0.15, -0.1) is 0 Å². The van der Waals surface area contributed by atoms with Gasteiger partial charge < -0.3 is 11.1 Å². The number of hydrogen-bond acceptors (Lipinski definition) is 2. The first-order valence-electron chi connectivity index (χ1n) is 5.64. The van der Waals surface area contributed by atoms with Crippen LogP contribution >= 0.6 is 28.1 Å². The van der Waals surface area contributed by atoms with E-state index in [1.807, 2.05) is 18.2 Å². The third kappa shape index (κ3) is 3.75. The molecule has 0 bridgehead atoms. The standard InChI is InChI=1S/C14H12BrFN2S/c15-12-7-10(14(17)19)3-6-13(12)18-8-9-1-4-11(16)5-2-9/h1-7,18H,8H2,(H2,17,19). The van der Waals surface area contributed by atoms with E-state index in [-0.39, 0.29) is 5.82 Å². The zero-order valence-electron chi connectivity index (χ0n) is 9.99. The zero-order valence-corrected chi connectivity index (χ0v) is 12.4. The lowest BCUT2D eigenvalue weighted by atomic mass is 10.2. The second-order valence-corrected chi connectivity index (χ2v) is 5.33. The first-order chi connectivity index (χ1) is 9.06. The van der Waals surface area contributed by atoms with Crippen molar-refractivity contribution in [2.75, 3.05) is 5.32 Å². The first-order valence-corrected chi connectivity index (χ1v) is 6.84. The second-order valence-electron chi connectivity index (χ2n) is 4.04. The fourth-order valence-electron chi connectivity index (χ4n) is 1.61. The Morgan fingerprint density at radius 3 is 2.47 bits per heavy atom. The number of anilines is 1. The molecule has 0 aliphatic rings. The first kappa shape index (κ1) is 14.0. The molecule has 0 heterocycles. The molecule has 98 valence electrons. The van der Waals surface area contributed by atoms with Crippen molar-refractivity contribution in [2.24, 2.45) is 5.73 Å². The summed E-state index contributed by atoms with van der Waals surface area (Å²) in [6.07, 6.45) is 0. The highest BCUT2D eigenvalue weighted by molar-refractivity contribution is 9.10. The van der Waals surface area contributed by atoms with Crippen LogP contribution in [0.25, 0.3) is 0 Å². The quantitative estimate of drug-likeness (QED) is 0.832. The molecular formula is C14H12BrFN2S. The van der Waals surface area contributed by atoms with Gasteiger partial charge in [-0.2, -0.15) is 0 Å². The van der Waals surface area contributed by atoms with Crippen molar-refractivity contribution in [3.05, 3.63) is 63.9 Å². The van der Waals surface area contributed by atoms with Crippen LogP contribution in [-0.2, 0) is 6.54 Å². The average Bonchev–Trinajstić information content (AvgIpc) is 2.39. The van der Waals surface area contributed by atoms with Crippen LogP contribution in [0.2, 0.25) is 0 Å². The summed E-state index contributed by atoms with van der Waals surface area (Å²) >= 11 is 8.38. The van der Waals surface area contributed by atoms with E-state index in [0.717, 1.165) is 21.3 Å². The van der Waals surface area contributed by atoms with Crippen molar-refractivity contribution in [2.45, 2.75) is 6.54 Å². The van der Waals surface area contributed by atoms with Gasteiger partial charge in [0.25, 0.3) is 0 Å². The molecule has 3 N–H and O–H groups in total. The van der Waals surface area contributed by atoms with Gasteiger partial charge in [0.15, 0.2) is 0 Å². The van der Waals surface area contributed by atoms with Crippen LogP contribution in [0.5, 0.6) is 0 Å². The molecule has 19 heavy (non-hydrogen) atoms. The minimum absolute atomic E-state index is 0.231. The van der Waals surface area contributed by atoms with Gasteiger partial charge in [-0.05, 0) is 51.8 Å². The van der Waals surface area contributed by atoms with E-state index >= 15 is 0 Å². The monoisotopic (exact) mass is 338 g/mol. The minimum atomic E-state index is -0.231. The summed E-state index contributed by atoms with van der Waals surface area (Å²) in [7, 11) is 0. The molecule has 0 saturated heterocycles. The maximum atomic E-state index is 12.8. The molecule has 5 heteroatoms. The summed E-state index contributed by atoms with van der Waals surface area (Å²) < 4.78 is 13.7. The Bertz CT molecular complexity index is 599. The van der Waals surface area contributed by atoms with E-state index in [2.05, 4.69) is 21.2 Å². The third-order valence-corrected chi connectivity index (χ3v) is 3.54. The van der Waals surface area contributed by atoms with Gasteiger partial charge in [0, 0.05) is 22.3 Å². The molecule has 0 fully saturated rings. The molecule has 0 spiro atoms. The van der Waals surface area contributed by atoms with Crippen molar-refractivity contribution in [3.63, 3.8) is 0 Å². The van der Waals surface area contributed by atoms with Crippen LogP contribution < -0.4 is 11.1 Å². The highest BCUT2D eigenvalue weighted by Crippen LogP contribution is 2.24. The molecular weight excluding hydrogens is 327 g/mol. The predicted molar refractivity (Wildman–Crippen MR) is 83.8 cm³/mol. The predicted octanol–water partition coefficient (Wildman–Crippen LogP) is 3.83. The van der Waals surface area contributed by atoms with Crippen molar-refractivity contribution >= 4 is 38.8 Å². The molecule has 2 aromatic rings. The molecule has 0 amide bonds. The van der Waals surface area contributed by atoms with Gasteiger partial charge in [0.05, 0.1) is 0 Å². The summed E-state index contributed by atoms with van der Waals surface area (Å²) in [4.78, 5) is 0.366. The summed E-state index contributed by atoms with van der Waals surface area (Å²) in [5.74, 6) is -0.231. The second kappa shape index (κ2) is 6.12. The minimum Gasteiger partial charge on any atom is -0.389 e. The summed E-state index contributed by atoms with van der Waals surface area (Å²) in [6.45, 7) is 0.616. The molecule has 0 saturated carbocycles. The number of hydrogen-bond donors (Lipinski definition) is 2. The van der Waals surface area contributed by atoms with Gasteiger partial charge in [-0.25, -0.2) is 4.39 Å². The zero-order chi connectivity index (χ0) is 13.8. The fraction of sp³-hybridized carbons (Fsp3) is 0.0714. The number of thiocarbonyl (C=S) groups is 1. The molecule has 2 nitrogen and oxygen atoms in total. The molecule has 0 aromatic heterocycles. The molecule has 0 unspecified atom stereocenters. The van der Waals surface area contributed by atoms with E-state index in [4.69, 9.17) is 18.0 Å². The Balaban J connectivity index is 2.07. The van der Waals surface area contributed by atoms with E-state index in [0.29, 0.717) is 11.5 Å². The van der Waals surface area contributed by atoms with Crippen LogP contribution in [0.1, 0.15) is 11.1 Å². The van der Waals surface area contributed by atoms with Crippen molar-refractivity contribution in [1.29, 1.82) is 0 Å². The summed E-state index contributed by atoms with van der Waals surface area (Å²) in [5.41, 5.74) is 8.32. The Hall–Kier alpha value is -1.46. The maximum absolute atomic E-state index is 12.8. The lowest BCUT2D eigenvalue weighted by Gasteiger charge is -2.10. The lowest BCUT2D eigenvalue weighted by Crippen LogP contribution is -2.09. The SMILES string of the molecule is NC(=S)c1ccc(NCc2ccc(F)cc2)c(Br)c1. The lowest BCUT2D eigenvalue weighted by molar-refractivity contribution is 0.627. The number of nitrogens with one attached hydrogen (secondary N) is 1. The van der Waals surface area contributed by atoms with E-state index in [1.54, 1.807) is 12.1 Å². The summed E-state index contributed by atoms with van der Waals surface area (Å²) in [5, 5.41) is 3.26. The smallest absolute Gasteiger partial charge is 0.123 e. The van der Waals surface area contributed by atoms with Gasteiger partial charge in [-0.1, -0.05) is 24.4 Å². The van der Waals surface area contributed by atoms with Gasteiger partial charge >= 0.3 is 0 Å². The molecule has 2 rings (SSSR count). The number of benzene rings is 2. The van der Waals surface area contributed by atoms with Crippen molar-refractivity contribution < 1.29 is 4.39 Å². The van der Waals surface area contributed by atoms with Crippen LogP contribution in [0.4, 0.5) is 10.1 Å². The maximum Gasteiger partial charge on any atom is 0.123 e. The Kier molecular flexibility index (Phi) is 4.50. The molecule has 2 aromatic carbocycles. The number of nitrogens with two attached hydrogens (primary N) is 1. The fourth-order valence-corrected chi connectivity index (χ4v) is 2.26. The topological polar surface area (TPSA) is 38.0 Å². The van der Waals surface area contributed by atoms with Crippen LogP contribution in [0.3, 0.4) is 0 Å². The Morgan fingerprint density at radius 2 is 1.89 bits per heavy atom. The van der Waals surface area contributed by atoms with Gasteiger partial charge in [0.1, 0.15) is 10.8 Å². The van der Waals surface area contributed by atoms with Crippen molar-refractivity contribution in [1.82, 2.24) is 0 Å². The van der Waals surface area contributed by atoms with E-state index in [1.165, 1.54) is 12.1 Å². The normalized spacial score (nSPS) is 10.2. The van der Waals surface area contributed by atoms with Crippen LogP contribution in [0.15, 0.2) is 46.9 Å².